The molecule has 0 heterocycles. The van der Waals surface area contributed by atoms with Crippen molar-refractivity contribution in [1.82, 2.24) is 4.90 Å². The number of likely N-dealkylation sites (N-methyl/N-ethyl adjacent to an activating group) is 1. The third-order valence-corrected chi connectivity index (χ3v) is 3.37. The van der Waals surface area contributed by atoms with Crippen LogP contribution in [0.1, 0.15) is 19.4 Å². The van der Waals surface area contributed by atoms with Gasteiger partial charge in [0.2, 0.25) is 5.91 Å². The Balaban J connectivity index is 2.84. The molecule has 0 saturated heterocycles. The smallest absolute Gasteiger partial charge is 0.246 e. The Hall–Kier alpha value is -1.03. The lowest BCUT2D eigenvalue weighted by molar-refractivity contribution is -0.130. The molecule has 0 fully saturated rings. The van der Waals surface area contributed by atoms with Crippen LogP contribution < -0.4 is 0 Å². The van der Waals surface area contributed by atoms with E-state index in [4.69, 9.17) is 23.2 Å². The summed E-state index contributed by atoms with van der Waals surface area (Å²) in [5, 5.41) is 10.3. The van der Waals surface area contributed by atoms with Crippen molar-refractivity contribution in [3.8, 4) is 0 Å². The lowest BCUT2D eigenvalue weighted by atomic mass is 10.1. The Labute approximate surface area is 123 Å². The molecule has 0 unspecified atom stereocenters. The van der Waals surface area contributed by atoms with Gasteiger partial charge in [0.05, 0.1) is 12.1 Å². The van der Waals surface area contributed by atoms with Gasteiger partial charge in [-0.25, -0.2) is 0 Å². The quantitative estimate of drug-likeness (QED) is 0.867. The average Bonchev–Trinajstić information content (AvgIpc) is 2.33. The summed E-state index contributed by atoms with van der Waals surface area (Å²) in [5.41, 5.74) is 0.147. The molecule has 1 amide bonds. The third kappa shape index (κ3) is 4.53. The predicted octanol–water partition coefficient (Wildman–Crippen LogP) is 3.24. The van der Waals surface area contributed by atoms with Crippen molar-refractivity contribution >= 4 is 35.2 Å². The molecule has 1 N–H and O–H groups in total. The molecule has 104 valence electrons. The second kappa shape index (κ2) is 6.42. The molecule has 0 spiro atoms. The molecule has 3 nitrogen and oxygen atoms in total. The van der Waals surface area contributed by atoms with Crippen LogP contribution in [-0.2, 0) is 4.79 Å². The number of benzene rings is 1. The summed E-state index contributed by atoms with van der Waals surface area (Å²) in [4.78, 5) is 13.4. The first-order valence-corrected chi connectivity index (χ1v) is 6.54. The maximum Gasteiger partial charge on any atom is 0.246 e. The van der Waals surface area contributed by atoms with Crippen LogP contribution in [0, 0.1) is 0 Å². The lowest BCUT2D eigenvalue weighted by Gasteiger charge is -2.33. The first kappa shape index (κ1) is 16.0. The van der Waals surface area contributed by atoms with E-state index in [0.717, 1.165) is 5.56 Å². The van der Waals surface area contributed by atoms with E-state index in [1.165, 1.54) is 11.0 Å². The van der Waals surface area contributed by atoms with Crippen LogP contribution in [0.4, 0.5) is 0 Å². The van der Waals surface area contributed by atoms with E-state index in [1.807, 2.05) is 0 Å². The fourth-order valence-electron chi connectivity index (χ4n) is 1.36. The summed E-state index contributed by atoms with van der Waals surface area (Å²) >= 11 is 11.8. The van der Waals surface area contributed by atoms with Crippen LogP contribution in [0.25, 0.3) is 6.08 Å². The molecular formula is C14H17Cl2NO2. The van der Waals surface area contributed by atoms with Gasteiger partial charge in [0.1, 0.15) is 0 Å². The minimum Gasteiger partial charge on any atom is -0.394 e. The molecule has 0 radical (unpaired) electrons. The molecule has 1 rings (SSSR count). The van der Waals surface area contributed by atoms with Gasteiger partial charge in [-0.15, -0.1) is 0 Å². The molecule has 0 aromatic heterocycles. The Kier molecular flexibility index (Phi) is 5.41. The summed E-state index contributed by atoms with van der Waals surface area (Å²) in [7, 11) is 1.65. The summed E-state index contributed by atoms with van der Waals surface area (Å²) in [6.07, 6.45) is 3.07. The lowest BCUT2D eigenvalue weighted by Crippen LogP contribution is -2.47. The van der Waals surface area contributed by atoms with Crippen molar-refractivity contribution in [2.75, 3.05) is 13.7 Å². The zero-order chi connectivity index (χ0) is 14.6. The molecule has 0 aliphatic rings. The van der Waals surface area contributed by atoms with Crippen LogP contribution in [0.2, 0.25) is 10.0 Å². The van der Waals surface area contributed by atoms with Gasteiger partial charge in [0, 0.05) is 23.2 Å². The molecule has 5 heteroatoms. The van der Waals surface area contributed by atoms with Gasteiger partial charge in [-0.1, -0.05) is 23.2 Å². The second-order valence-electron chi connectivity index (χ2n) is 4.90. The second-order valence-corrected chi connectivity index (χ2v) is 5.78. The Morgan fingerprint density at radius 1 is 1.32 bits per heavy atom. The van der Waals surface area contributed by atoms with Crippen LogP contribution >= 0.6 is 23.2 Å². The number of hydrogen-bond acceptors (Lipinski definition) is 2. The monoisotopic (exact) mass is 301 g/mol. The van der Waals surface area contributed by atoms with Gasteiger partial charge in [0.15, 0.2) is 0 Å². The van der Waals surface area contributed by atoms with Crippen LogP contribution in [0.15, 0.2) is 24.3 Å². The number of aliphatic hydroxyl groups excluding tert-OH is 1. The first-order chi connectivity index (χ1) is 8.76. The number of hydrogen-bond donors (Lipinski definition) is 1. The van der Waals surface area contributed by atoms with Gasteiger partial charge in [0.25, 0.3) is 0 Å². The van der Waals surface area contributed by atoms with Crippen molar-refractivity contribution < 1.29 is 9.90 Å². The molecular weight excluding hydrogens is 285 g/mol. The third-order valence-electron chi connectivity index (χ3n) is 2.93. The van der Waals surface area contributed by atoms with Crippen LogP contribution in [0.5, 0.6) is 0 Å². The van der Waals surface area contributed by atoms with Crippen molar-refractivity contribution in [3.63, 3.8) is 0 Å². The fraction of sp³-hybridized carbons (Fsp3) is 0.357. The van der Waals surface area contributed by atoms with E-state index < -0.39 is 5.54 Å². The van der Waals surface area contributed by atoms with Crippen molar-refractivity contribution in [2.24, 2.45) is 0 Å². The van der Waals surface area contributed by atoms with Gasteiger partial charge in [-0.05, 0) is 43.7 Å². The van der Waals surface area contributed by atoms with E-state index in [-0.39, 0.29) is 12.5 Å². The normalized spacial score (nSPS) is 11.9. The van der Waals surface area contributed by atoms with E-state index in [9.17, 15) is 9.90 Å². The zero-order valence-electron chi connectivity index (χ0n) is 11.2. The highest BCUT2D eigenvalue weighted by Gasteiger charge is 2.25. The maximum absolute atomic E-state index is 12.0. The Morgan fingerprint density at radius 2 is 1.84 bits per heavy atom. The molecule has 0 aliphatic heterocycles. The largest absolute Gasteiger partial charge is 0.394 e. The van der Waals surface area contributed by atoms with Gasteiger partial charge >= 0.3 is 0 Å². The van der Waals surface area contributed by atoms with Gasteiger partial charge in [-0.2, -0.15) is 0 Å². The van der Waals surface area contributed by atoms with Crippen molar-refractivity contribution in [3.05, 3.63) is 39.9 Å². The van der Waals surface area contributed by atoms with Crippen molar-refractivity contribution in [2.45, 2.75) is 19.4 Å². The summed E-state index contributed by atoms with van der Waals surface area (Å²) in [6, 6.07) is 5.06. The Bertz CT molecular complexity index is 478. The first-order valence-electron chi connectivity index (χ1n) is 5.79. The average molecular weight is 302 g/mol. The molecule has 0 atom stereocenters. The van der Waals surface area contributed by atoms with E-state index >= 15 is 0 Å². The van der Waals surface area contributed by atoms with Crippen LogP contribution in [-0.4, -0.2) is 35.1 Å². The number of carbonyl (C=O) groups excluding carboxylic acids is 1. The molecule has 0 saturated carbocycles. The summed E-state index contributed by atoms with van der Waals surface area (Å²) in [6.45, 7) is 3.47. The van der Waals surface area contributed by atoms with E-state index in [0.29, 0.717) is 10.0 Å². The minimum absolute atomic E-state index is 0.105. The zero-order valence-corrected chi connectivity index (χ0v) is 12.7. The highest BCUT2D eigenvalue weighted by molar-refractivity contribution is 6.34. The molecule has 19 heavy (non-hydrogen) atoms. The molecule has 1 aromatic rings. The number of nitrogens with zero attached hydrogens (tertiary/aromatic N) is 1. The molecule has 0 aliphatic carbocycles. The van der Waals surface area contributed by atoms with E-state index in [1.54, 1.807) is 45.2 Å². The highest BCUT2D eigenvalue weighted by atomic mass is 35.5. The fourth-order valence-corrected chi connectivity index (χ4v) is 1.90. The number of rotatable bonds is 4. The summed E-state index contributed by atoms with van der Waals surface area (Å²) < 4.78 is 0. The summed E-state index contributed by atoms with van der Waals surface area (Å²) in [5.74, 6) is -0.199. The SMILES string of the molecule is CN(C(=O)/C=C/c1cc(Cl)cc(Cl)c1)C(C)(C)CO. The van der Waals surface area contributed by atoms with Gasteiger partial charge < -0.3 is 10.0 Å². The number of halogens is 2. The standard InChI is InChI=1S/C14H17Cl2NO2/c1-14(2,9-18)17(3)13(19)5-4-10-6-11(15)8-12(16)7-10/h4-8,18H,9H2,1-3H3/b5-4+. The predicted molar refractivity (Wildman–Crippen MR) is 79.4 cm³/mol. The number of aliphatic hydroxyl groups is 1. The van der Waals surface area contributed by atoms with Crippen LogP contribution in [0.3, 0.4) is 0 Å². The maximum atomic E-state index is 12.0. The Morgan fingerprint density at radius 3 is 2.32 bits per heavy atom. The number of carbonyl (C=O) groups is 1. The topological polar surface area (TPSA) is 40.5 Å². The van der Waals surface area contributed by atoms with Crippen molar-refractivity contribution in [1.29, 1.82) is 0 Å². The van der Waals surface area contributed by atoms with Gasteiger partial charge in [-0.3, -0.25) is 4.79 Å². The van der Waals surface area contributed by atoms with E-state index in [2.05, 4.69) is 0 Å². The molecule has 1 aromatic carbocycles. The molecule has 0 bridgehead atoms. The minimum atomic E-state index is -0.604. The number of amides is 1. The highest BCUT2D eigenvalue weighted by Crippen LogP contribution is 2.20.